The van der Waals surface area contributed by atoms with Crippen LogP contribution < -0.4 is 0 Å². The molecular formula is C19H24N6O4S. The van der Waals surface area contributed by atoms with E-state index in [1.54, 1.807) is 37.2 Å². The number of hydrogen-bond donors (Lipinski definition) is 0. The number of methoxy groups -OCH3 is 1. The monoisotopic (exact) mass is 432 g/mol. The molecule has 0 N–H and O–H groups in total. The largest absolute Gasteiger partial charge is 0.385 e. The Hall–Kier alpha value is -2.63. The molecule has 3 aromatic rings. The number of aryl methyl sites for hydroxylation is 1. The van der Waals surface area contributed by atoms with E-state index >= 15 is 0 Å². The van der Waals surface area contributed by atoms with E-state index in [4.69, 9.17) is 9.26 Å². The molecule has 1 fully saturated rings. The Morgan fingerprint density at radius 3 is 2.93 bits per heavy atom. The summed E-state index contributed by atoms with van der Waals surface area (Å²) in [6.45, 7) is 1.11. The molecule has 0 radical (unpaired) electrons. The summed E-state index contributed by atoms with van der Waals surface area (Å²) >= 11 is 0. The third-order valence-corrected chi connectivity index (χ3v) is 7.15. The van der Waals surface area contributed by atoms with E-state index in [0.717, 1.165) is 6.42 Å². The van der Waals surface area contributed by atoms with Crippen molar-refractivity contribution in [3.8, 4) is 11.5 Å². The first-order chi connectivity index (χ1) is 14.4. The fraction of sp³-hybridized carbons (Fsp3) is 0.474. The molecule has 0 aliphatic carbocycles. The van der Waals surface area contributed by atoms with Crippen LogP contribution in [0.3, 0.4) is 0 Å². The maximum atomic E-state index is 13.2. The van der Waals surface area contributed by atoms with Gasteiger partial charge in [-0.1, -0.05) is 5.16 Å². The smallest absolute Gasteiger partial charge is 0.262 e. The summed E-state index contributed by atoms with van der Waals surface area (Å²) in [5.41, 5.74) is 0.104. The van der Waals surface area contributed by atoms with Crippen LogP contribution >= 0.6 is 0 Å². The summed E-state index contributed by atoms with van der Waals surface area (Å²) in [7, 11) is -0.365. The molecular weight excluding hydrogens is 408 g/mol. The number of aromatic nitrogens is 5. The van der Waals surface area contributed by atoms with Crippen LogP contribution in [0.5, 0.6) is 0 Å². The first kappa shape index (κ1) is 20.6. The summed E-state index contributed by atoms with van der Waals surface area (Å²) in [4.78, 5) is 12.7. The highest BCUT2D eigenvalue weighted by Gasteiger charge is 2.44. The lowest BCUT2D eigenvalue weighted by molar-refractivity contribution is 0.128. The van der Waals surface area contributed by atoms with E-state index in [-0.39, 0.29) is 11.6 Å². The quantitative estimate of drug-likeness (QED) is 0.553. The SMILES string of the molecule is COCCC1(c2noc(-c3cccnc3)n2)CCCN(S(=O)(=O)c2cn(C)cn2)C1. The lowest BCUT2D eigenvalue weighted by atomic mass is 9.77. The number of hydrogen-bond acceptors (Lipinski definition) is 8. The minimum Gasteiger partial charge on any atom is -0.385 e. The van der Waals surface area contributed by atoms with Gasteiger partial charge in [-0.2, -0.15) is 9.29 Å². The fourth-order valence-corrected chi connectivity index (χ4v) is 5.32. The number of imidazole rings is 1. The van der Waals surface area contributed by atoms with Gasteiger partial charge in [-0.05, 0) is 31.4 Å². The Morgan fingerprint density at radius 2 is 2.23 bits per heavy atom. The molecule has 1 saturated heterocycles. The first-order valence-electron chi connectivity index (χ1n) is 9.66. The van der Waals surface area contributed by atoms with Gasteiger partial charge in [0.2, 0.25) is 0 Å². The Labute approximate surface area is 175 Å². The van der Waals surface area contributed by atoms with Gasteiger partial charge in [0.05, 0.1) is 11.9 Å². The van der Waals surface area contributed by atoms with Crippen molar-refractivity contribution in [3.05, 3.63) is 42.9 Å². The van der Waals surface area contributed by atoms with Crippen molar-refractivity contribution in [2.24, 2.45) is 7.05 Å². The van der Waals surface area contributed by atoms with Crippen LogP contribution in [-0.4, -0.2) is 64.2 Å². The van der Waals surface area contributed by atoms with Gasteiger partial charge in [-0.15, -0.1) is 0 Å². The van der Waals surface area contributed by atoms with Crippen molar-refractivity contribution in [3.63, 3.8) is 0 Å². The van der Waals surface area contributed by atoms with E-state index in [1.165, 1.54) is 16.8 Å². The molecule has 10 nitrogen and oxygen atoms in total. The third-order valence-electron chi connectivity index (χ3n) is 5.42. The summed E-state index contributed by atoms with van der Waals surface area (Å²) in [6.07, 6.45) is 8.29. The number of piperidine rings is 1. The van der Waals surface area contributed by atoms with E-state index in [1.807, 2.05) is 6.07 Å². The summed E-state index contributed by atoms with van der Waals surface area (Å²) in [5, 5.41) is 4.26. The summed E-state index contributed by atoms with van der Waals surface area (Å²) in [6, 6.07) is 3.63. The molecule has 1 atom stereocenters. The van der Waals surface area contributed by atoms with Gasteiger partial charge >= 0.3 is 0 Å². The number of nitrogens with zero attached hydrogens (tertiary/aromatic N) is 6. The van der Waals surface area contributed by atoms with Crippen molar-refractivity contribution in [1.29, 1.82) is 0 Å². The highest BCUT2D eigenvalue weighted by atomic mass is 32.2. The van der Waals surface area contributed by atoms with Gasteiger partial charge in [0.25, 0.3) is 15.9 Å². The van der Waals surface area contributed by atoms with E-state index in [9.17, 15) is 8.42 Å². The van der Waals surface area contributed by atoms with Crippen molar-refractivity contribution in [2.45, 2.75) is 29.7 Å². The second-order valence-corrected chi connectivity index (χ2v) is 9.39. The molecule has 0 spiro atoms. The third kappa shape index (κ3) is 3.87. The van der Waals surface area contributed by atoms with Crippen LogP contribution in [-0.2, 0) is 27.2 Å². The zero-order chi connectivity index (χ0) is 21.2. The minimum absolute atomic E-state index is 0.0386. The maximum absolute atomic E-state index is 13.2. The molecule has 1 aliphatic rings. The predicted octanol–water partition coefficient (Wildman–Crippen LogP) is 1.62. The Morgan fingerprint density at radius 1 is 1.37 bits per heavy atom. The maximum Gasteiger partial charge on any atom is 0.262 e. The van der Waals surface area contributed by atoms with Crippen LogP contribution in [0.25, 0.3) is 11.5 Å². The number of sulfonamides is 1. The molecule has 160 valence electrons. The lowest BCUT2D eigenvalue weighted by Gasteiger charge is -2.39. The van der Waals surface area contributed by atoms with Gasteiger partial charge < -0.3 is 13.8 Å². The average molecular weight is 433 g/mol. The highest BCUT2D eigenvalue weighted by Crippen LogP contribution is 2.38. The predicted molar refractivity (Wildman–Crippen MR) is 107 cm³/mol. The molecule has 0 bridgehead atoms. The summed E-state index contributed by atoms with van der Waals surface area (Å²) < 4.78 is 40.2. The summed E-state index contributed by atoms with van der Waals surface area (Å²) in [5.74, 6) is 0.846. The zero-order valence-electron chi connectivity index (χ0n) is 16.9. The van der Waals surface area contributed by atoms with Gasteiger partial charge in [0, 0.05) is 57.9 Å². The van der Waals surface area contributed by atoms with Gasteiger partial charge in [0.15, 0.2) is 10.9 Å². The van der Waals surface area contributed by atoms with Gasteiger partial charge in [0.1, 0.15) is 0 Å². The van der Waals surface area contributed by atoms with Crippen molar-refractivity contribution in [2.75, 3.05) is 26.8 Å². The molecule has 11 heteroatoms. The van der Waals surface area contributed by atoms with E-state index < -0.39 is 15.4 Å². The average Bonchev–Trinajstić information content (AvgIpc) is 3.43. The number of pyridine rings is 1. The highest BCUT2D eigenvalue weighted by molar-refractivity contribution is 7.89. The number of ether oxygens (including phenoxy) is 1. The van der Waals surface area contributed by atoms with Crippen LogP contribution in [0.1, 0.15) is 25.1 Å². The van der Waals surface area contributed by atoms with Crippen LogP contribution in [0.2, 0.25) is 0 Å². The Balaban J connectivity index is 1.67. The molecule has 0 aromatic carbocycles. The molecule has 1 aliphatic heterocycles. The van der Waals surface area contributed by atoms with Crippen LogP contribution in [0.4, 0.5) is 0 Å². The molecule has 3 aromatic heterocycles. The van der Waals surface area contributed by atoms with E-state index in [2.05, 4.69) is 20.1 Å². The first-order valence-corrected chi connectivity index (χ1v) is 11.1. The topological polar surface area (TPSA) is 116 Å². The fourth-order valence-electron chi connectivity index (χ4n) is 3.79. The second-order valence-electron chi connectivity index (χ2n) is 7.51. The van der Waals surface area contributed by atoms with Gasteiger partial charge in [-0.25, -0.2) is 13.4 Å². The molecule has 4 heterocycles. The normalized spacial score (nSPS) is 20.5. The standard InChI is InChI=1S/C19H24N6O4S/c1-24-12-16(21-14-24)30(26,27)25-9-4-6-19(13-25,7-10-28-2)18-22-17(29-23-18)15-5-3-8-20-11-15/h3,5,8,11-12,14H,4,6-7,9-10,13H2,1-2H3. The Bertz CT molecular complexity index is 1100. The molecule has 0 saturated carbocycles. The molecule has 4 rings (SSSR count). The van der Waals surface area contributed by atoms with Gasteiger partial charge in [-0.3, -0.25) is 4.98 Å². The number of rotatable bonds is 7. The van der Waals surface area contributed by atoms with Crippen molar-refractivity contribution >= 4 is 10.0 Å². The molecule has 1 unspecified atom stereocenters. The lowest BCUT2D eigenvalue weighted by Crippen LogP contribution is -2.49. The molecule has 30 heavy (non-hydrogen) atoms. The Kier molecular flexibility index (Phi) is 5.67. The van der Waals surface area contributed by atoms with E-state index in [0.29, 0.717) is 43.3 Å². The van der Waals surface area contributed by atoms with Crippen LogP contribution in [0.15, 0.2) is 46.6 Å². The molecule has 0 amide bonds. The second kappa shape index (κ2) is 8.25. The van der Waals surface area contributed by atoms with Crippen LogP contribution in [0, 0.1) is 0 Å². The minimum atomic E-state index is -3.73. The van der Waals surface area contributed by atoms with Crippen molar-refractivity contribution in [1.82, 2.24) is 29.0 Å². The van der Waals surface area contributed by atoms with Crippen molar-refractivity contribution < 1.29 is 17.7 Å². The zero-order valence-corrected chi connectivity index (χ0v) is 17.7.